The third kappa shape index (κ3) is 2.81. The Morgan fingerprint density at radius 2 is 2.11 bits per heavy atom. The molecule has 2 aromatic rings. The van der Waals surface area contributed by atoms with Crippen LogP contribution in [0.5, 0.6) is 0 Å². The van der Waals surface area contributed by atoms with E-state index < -0.39 is 0 Å². The van der Waals surface area contributed by atoms with Gasteiger partial charge in [-0.25, -0.2) is 0 Å². The van der Waals surface area contributed by atoms with Gasteiger partial charge in [0.25, 0.3) is 0 Å². The van der Waals surface area contributed by atoms with E-state index in [1.165, 1.54) is 6.20 Å². The Bertz CT molecular complexity index is 577. The lowest BCUT2D eigenvalue weighted by Crippen LogP contribution is -2.04. The number of nitrogens with one attached hydrogen (secondary N) is 1. The highest BCUT2D eigenvalue weighted by Gasteiger charge is 2.03. The molecule has 5 nitrogen and oxygen atoms in total. The van der Waals surface area contributed by atoms with Crippen LogP contribution in [0.25, 0.3) is 0 Å². The van der Waals surface area contributed by atoms with Crippen molar-refractivity contribution in [1.29, 1.82) is 5.26 Å². The van der Waals surface area contributed by atoms with E-state index in [1.807, 2.05) is 30.3 Å². The lowest BCUT2D eigenvalue weighted by molar-refractivity contribution is 0.281. The Morgan fingerprint density at radius 3 is 2.89 bits per heavy atom. The standard InChI is InChI=1S/C13H12N4O/c14-7-12-4-5-16-17-13(12)15-8-10-2-1-3-11(6-10)9-18/h1-6,18H,8-9H2,(H,15,17). The molecule has 2 N–H and O–H groups in total. The van der Waals surface area contributed by atoms with Crippen molar-refractivity contribution >= 4 is 5.82 Å². The summed E-state index contributed by atoms with van der Waals surface area (Å²) >= 11 is 0. The highest BCUT2D eigenvalue weighted by molar-refractivity contribution is 5.50. The first kappa shape index (κ1) is 12.0. The zero-order valence-corrected chi connectivity index (χ0v) is 9.67. The lowest BCUT2D eigenvalue weighted by Gasteiger charge is -2.07. The van der Waals surface area contributed by atoms with Gasteiger partial charge in [0.15, 0.2) is 5.82 Å². The molecule has 18 heavy (non-hydrogen) atoms. The zero-order valence-electron chi connectivity index (χ0n) is 9.67. The van der Waals surface area contributed by atoms with Crippen LogP contribution in [0.2, 0.25) is 0 Å². The summed E-state index contributed by atoms with van der Waals surface area (Å²) < 4.78 is 0. The molecule has 0 unspecified atom stereocenters. The summed E-state index contributed by atoms with van der Waals surface area (Å²) in [5.41, 5.74) is 2.33. The molecule has 1 heterocycles. The van der Waals surface area contributed by atoms with Crippen LogP contribution < -0.4 is 5.32 Å². The number of aliphatic hydroxyl groups excluding tert-OH is 1. The van der Waals surface area contributed by atoms with Crippen LogP contribution in [0.1, 0.15) is 16.7 Å². The van der Waals surface area contributed by atoms with Crippen LogP contribution in [-0.2, 0) is 13.2 Å². The number of aliphatic hydroxyl groups is 1. The Balaban J connectivity index is 2.09. The van der Waals surface area contributed by atoms with Crippen LogP contribution >= 0.6 is 0 Å². The van der Waals surface area contributed by atoms with Crippen molar-refractivity contribution in [2.24, 2.45) is 0 Å². The molecule has 0 atom stereocenters. The van der Waals surface area contributed by atoms with Crippen molar-refractivity contribution in [2.75, 3.05) is 5.32 Å². The fourth-order valence-corrected chi connectivity index (χ4v) is 1.58. The van der Waals surface area contributed by atoms with E-state index in [4.69, 9.17) is 10.4 Å². The average molecular weight is 240 g/mol. The lowest BCUT2D eigenvalue weighted by atomic mass is 10.1. The topological polar surface area (TPSA) is 81.8 Å². The first-order chi connectivity index (χ1) is 8.83. The first-order valence-corrected chi connectivity index (χ1v) is 5.48. The number of hydrogen-bond acceptors (Lipinski definition) is 5. The third-order valence-electron chi connectivity index (χ3n) is 2.48. The number of rotatable bonds is 4. The van der Waals surface area contributed by atoms with Crippen molar-refractivity contribution in [3.8, 4) is 6.07 Å². The van der Waals surface area contributed by atoms with Crippen molar-refractivity contribution in [1.82, 2.24) is 10.2 Å². The van der Waals surface area contributed by atoms with E-state index >= 15 is 0 Å². The zero-order chi connectivity index (χ0) is 12.8. The van der Waals surface area contributed by atoms with Crippen LogP contribution in [0, 0.1) is 11.3 Å². The van der Waals surface area contributed by atoms with Gasteiger partial charge in [0.1, 0.15) is 6.07 Å². The van der Waals surface area contributed by atoms with Crippen LogP contribution in [0.15, 0.2) is 36.5 Å². The SMILES string of the molecule is N#Cc1ccnnc1NCc1cccc(CO)c1. The molecule has 5 heteroatoms. The van der Waals surface area contributed by atoms with Gasteiger partial charge < -0.3 is 10.4 Å². The average Bonchev–Trinajstić information content (AvgIpc) is 2.45. The molecule has 2 rings (SSSR count). The Kier molecular flexibility index (Phi) is 3.84. The first-order valence-electron chi connectivity index (χ1n) is 5.48. The van der Waals surface area contributed by atoms with Gasteiger partial charge >= 0.3 is 0 Å². The molecule has 0 aliphatic heterocycles. The van der Waals surface area contributed by atoms with E-state index in [0.29, 0.717) is 17.9 Å². The van der Waals surface area contributed by atoms with E-state index in [9.17, 15) is 0 Å². The minimum Gasteiger partial charge on any atom is -0.392 e. The summed E-state index contributed by atoms with van der Waals surface area (Å²) in [6.07, 6.45) is 1.48. The maximum Gasteiger partial charge on any atom is 0.166 e. The van der Waals surface area contributed by atoms with Crippen LogP contribution in [-0.4, -0.2) is 15.3 Å². The van der Waals surface area contributed by atoms with E-state index in [-0.39, 0.29) is 6.61 Å². The Labute approximate surface area is 105 Å². The van der Waals surface area contributed by atoms with Gasteiger partial charge in [-0.2, -0.15) is 10.4 Å². The number of nitriles is 1. The van der Waals surface area contributed by atoms with Gasteiger partial charge in [-0.1, -0.05) is 24.3 Å². The van der Waals surface area contributed by atoms with Gasteiger partial charge in [-0.05, 0) is 17.2 Å². The molecule has 0 saturated heterocycles. The highest BCUT2D eigenvalue weighted by atomic mass is 16.3. The second kappa shape index (κ2) is 5.75. The van der Waals surface area contributed by atoms with Crippen molar-refractivity contribution in [3.63, 3.8) is 0 Å². The predicted octanol–water partition coefficient (Wildman–Crippen LogP) is 1.45. The minimum atomic E-state index is 0.0163. The number of nitrogens with zero attached hydrogens (tertiary/aromatic N) is 3. The van der Waals surface area contributed by atoms with E-state index in [2.05, 4.69) is 15.5 Å². The molecule has 0 amide bonds. The minimum absolute atomic E-state index is 0.0163. The molecule has 0 radical (unpaired) electrons. The van der Waals surface area contributed by atoms with E-state index in [0.717, 1.165) is 11.1 Å². The second-order valence-corrected chi connectivity index (χ2v) is 3.74. The normalized spacial score (nSPS) is 9.78. The van der Waals surface area contributed by atoms with Crippen LogP contribution in [0.4, 0.5) is 5.82 Å². The Hall–Kier alpha value is -2.45. The number of benzene rings is 1. The monoisotopic (exact) mass is 240 g/mol. The second-order valence-electron chi connectivity index (χ2n) is 3.74. The Morgan fingerprint density at radius 1 is 1.28 bits per heavy atom. The molecular formula is C13H12N4O. The number of anilines is 1. The molecular weight excluding hydrogens is 228 g/mol. The largest absolute Gasteiger partial charge is 0.392 e. The molecule has 0 saturated carbocycles. The summed E-state index contributed by atoms with van der Waals surface area (Å²) in [5.74, 6) is 0.467. The number of hydrogen-bond donors (Lipinski definition) is 2. The van der Waals surface area contributed by atoms with Crippen molar-refractivity contribution in [2.45, 2.75) is 13.2 Å². The summed E-state index contributed by atoms with van der Waals surface area (Å²) in [4.78, 5) is 0. The van der Waals surface area contributed by atoms with Crippen LogP contribution in [0.3, 0.4) is 0 Å². The van der Waals surface area contributed by atoms with Crippen molar-refractivity contribution < 1.29 is 5.11 Å². The summed E-state index contributed by atoms with van der Waals surface area (Å²) in [6.45, 7) is 0.545. The molecule has 0 aliphatic carbocycles. The van der Waals surface area contributed by atoms with Gasteiger partial charge in [0.2, 0.25) is 0 Å². The molecule has 90 valence electrons. The highest BCUT2D eigenvalue weighted by Crippen LogP contribution is 2.11. The smallest absolute Gasteiger partial charge is 0.166 e. The van der Waals surface area contributed by atoms with E-state index in [1.54, 1.807) is 6.07 Å². The maximum atomic E-state index is 9.04. The summed E-state index contributed by atoms with van der Waals surface area (Å²) in [6, 6.07) is 11.2. The van der Waals surface area contributed by atoms with Gasteiger partial charge in [-0.3, -0.25) is 0 Å². The fourth-order valence-electron chi connectivity index (χ4n) is 1.58. The molecule has 0 aliphatic rings. The van der Waals surface area contributed by atoms with Gasteiger partial charge in [0.05, 0.1) is 18.4 Å². The maximum absolute atomic E-state index is 9.04. The predicted molar refractivity (Wildman–Crippen MR) is 66.4 cm³/mol. The number of aromatic nitrogens is 2. The molecule has 1 aromatic heterocycles. The summed E-state index contributed by atoms with van der Waals surface area (Å²) in [5, 5.41) is 28.6. The third-order valence-corrected chi connectivity index (χ3v) is 2.48. The van der Waals surface area contributed by atoms with Crippen molar-refractivity contribution in [3.05, 3.63) is 53.2 Å². The molecule has 0 fully saturated rings. The fraction of sp³-hybridized carbons (Fsp3) is 0.154. The molecule has 0 bridgehead atoms. The molecule has 1 aromatic carbocycles. The van der Waals surface area contributed by atoms with Gasteiger partial charge in [0, 0.05) is 6.54 Å². The van der Waals surface area contributed by atoms with Gasteiger partial charge in [-0.15, -0.1) is 5.10 Å². The molecule has 0 spiro atoms. The quantitative estimate of drug-likeness (QED) is 0.845. The summed E-state index contributed by atoms with van der Waals surface area (Å²) in [7, 11) is 0.